The van der Waals surface area contributed by atoms with Gasteiger partial charge in [0.15, 0.2) is 5.60 Å². The van der Waals surface area contributed by atoms with E-state index < -0.39 is 27.8 Å². The number of sulfonamides is 1. The molecule has 2 aromatic carbocycles. The van der Waals surface area contributed by atoms with Gasteiger partial charge in [-0.05, 0) is 54.5 Å². The fourth-order valence-corrected chi connectivity index (χ4v) is 6.82. The van der Waals surface area contributed by atoms with Crippen LogP contribution in [0.5, 0.6) is 0 Å². The molecule has 0 spiro atoms. The molecule has 2 aromatic rings. The monoisotopic (exact) mass is 590 g/mol. The summed E-state index contributed by atoms with van der Waals surface area (Å²) in [5.41, 5.74) is -2.22. The molecule has 37 heavy (non-hydrogen) atoms. The summed E-state index contributed by atoms with van der Waals surface area (Å²) in [4.78, 5) is 2.27. The summed E-state index contributed by atoms with van der Waals surface area (Å²) in [7, 11) is -3.91. The molecule has 0 radical (unpaired) electrons. The minimum Gasteiger partial charge on any atom is -0.376 e. The molecule has 12 heteroatoms. The Morgan fingerprint density at radius 3 is 2.38 bits per heavy atom. The molecular formula is C25H23Cl2F3N2O3S2. The van der Waals surface area contributed by atoms with E-state index in [9.17, 15) is 26.7 Å². The van der Waals surface area contributed by atoms with Crippen molar-refractivity contribution in [3.63, 3.8) is 0 Å². The lowest BCUT2D eigenvalue weighted by Gasteiger charge is -2.43. The third-order valence-electron chi connectivity index (χ3n) is 6.55. The molecule has 1 aliphatic carbocycles. The minimum atomic E-state index is -4.85. The Kier molecular flexibility index (Phi) is 7.82. The van der Waals surface area contributed by atoms with Gasteiger partial charge in [-0.25, -0.2) is 8.42 Å². The third-order valence-corrected chi connectivity index (χ3v) is 9.60. The van der Waals surface area contributed by atoms with Crippen LogP contribution in [0.3, 0.4) is 0 Å². The van der Waals surface area contributed by atoms with Crippen molar-refractivity contribution in [1.82, 2.24) is 4.31 Å². The van der Waals surface area contributed by atoms with E-state index in [1.54, 1.807) is 30.4 Å². The quantitative estimate of drug-likeness (QED) is 0.422. The van der Waals surface area contributed by atoms with Crippen LogP contribution >= 0.6 is 35.4 Å². The molecule has 2 aliphatic rings. The molecule has 1 saturated heterocycles. The minimum absolute atomic E-state index is 0.00802. The number of rotatable bonds is 5. The SMILES string of the molecule is C[C@@](O)(c1ccc(N2CCN(S(=O)(=O)C3=CC=CCC3=S)C[C@@H]2c2cc(Cl)ccc2Cl)cc1)C(F)(F)F. The molecule has 1 heterocycles. The average Bonchev–Trinajstić information content (AvgIpc) is 2.84. The smallest absolute Gasteiger partial charge is 0.376 e. The van der Waals surface area contributed by atoms with Crippen molar-refractivity contribution in [3.05, 3.63) is 86.8 Å². The zero-order valence-electron chi connectivity index (χ0n) is 19.5. The van der Waals surface area contributed by atoms with Crippen LogP contribution in [0.2, 0.25) is 10.0 Å². The Balaban J connectivity index is 1.72. The second-order valence-electron chi connectivity index (χ2n) is 8.94. The van der Waals surface area contributed by atoms with Gasteiger partial charge in [0.2, 0.25) is 10.0 Å². The van der Waals surface area contributed by atoms with E-state index in [1.165, 1.54) is 34.6 Å². The Labute approximate surface area is 228 Å². The first-order valence-corrected chi connectivity index (χ1v) is 13.9. The summed E-state index contributed by atoms with van der Waals surface area (Å²) < 4.78 is 68.3. The van der Waals surface area contributed by atoms with E-state index >= 15 is 0 Å². The van der Waals surface area contributed by atoms with Crippen LogP contribution in [0.25, 0.3) is 0 Å². The predicted molar refractivity (Wildman–Crippen MR) is 144 cm³/mol. The summed E-state index contributed by atoms with van der Waals surface area (Å²) >= 11 is 18.0. The number of halogens is 5. The summed E-state index contributed by atoms with van der Waals surface area (Å²) in [5.74, 6) is 0. The van der Waals surface area contributed by atoms with Crippen LogP contribution in [-0.4, -0.2) is 48.5 Å². The number of anilines is 1. The van der Waals surface area contributed by atoms with Crippen LogP contribution in [0.1, 0.15) is 30.5 Å². The summed E-state index contributed by atoms with van der Waals surface area (Å²) in [6.45, 7) is 1.04. The standard InChI is InChI=1S/C25H23Cl2F3N2O3S2/c1-24(33,25(28,29)30)16-6-9-18(10-7-16)32-13-12-31(37(34,35)23-5-3-2-4-22(23)36)15-21(32)19-14-17(26)8-11-20(19)27/h2-3,5-11,14,21,33H,4,12-13,15H2,1H3/t21-,24-/m1/s1. The highest BCUT2D eigenvalue weighted by atomic mass is 35.5. The Bertz CT molecular complexity index is 1370. The zero-order valence-corrected chi connectivity index (χ0v) is 22.7. The highest BCUT2D eigenvalue weighted by Gasteiger charge is 2.51. The highest BCUT2D eigenvalue weighted by Crippen LogP contribution is 2.41. The van der Waals surface area contributed by atoms with E-state index in [0.29, 0.717) is 39.5 Å². The first kappa shape index (κ1) is 28.1. The van der Waals surface area contributed by atoms with E-state index in [0.717, 1.165) is 0 Å². The van der Waals surface area contributed by atoms with Crippen molar-refractivity contribution >= 4 is 56.0 Å². The van der Waals surface area contributed by atoms with Crippen molar-refractivity contribution < 1.29 is 26.7 Å². The summed E-state index contributed by atoms with van der Waals surface area (Å²) in [5, 5.41) is 10.8. The number of allylic oxidation sites excluding steroid dienone is 4. The number of benzene rings is 2. The largest absolute Gasteiger partial charge is 0.421 e. The maximum Gasteiger partial charge on any atom is 0.421 e. The molecule has 1 N–H and O–H groups in total. The van der Waals surface area contributed by atoms with E-state index in [-0.39, 0.29) is 30.1 Å². The lowest BCUT2D eigenvalue weighted by atomic mass is 9.94. The number of alkyl halides is 3. The molecule has 0 unspecified atom stereocenters. The number of nitrogens with zero attached hydrogens (tertiary/aromatic N) is 2. The average molecular weight is 592 g/mol. The number of aliphatic hydroxyl groups is 1. The Morgan fingerprint density at radius 2 is 1.76 bits per heavy atom. The molecule has 0 aromatic heterocycles. The second-order valence-corrected chi connectivity index (χ2v) is 12.2. The fraction of sp³-hybridized carbons (Fsp3) is 0.320. The first-order valence-electron chi connectivity index (χ1n) is 11.2. The van der Waals surface area contributed by atoms with E-state index in [1.807, 2.05) is 4.90 Å². The van der Waals surface area contributed by atoms with Gasteiger partial charge in [-0.2, -0.15) is 17.5 Å². The predicted octanol–water partition coefficient (Wildman–Crippen LogP) is 6.17. The second kappa shape index (κ2) is 10.3. The Hall–Kier alpha value is -1.95. The lowest BCUT2D eigenvalue weighted by molar-refractivity contribution is -0.258. The fourth-order valence-electron chi connectivity index (χ4n) is 4.36. The maximum atomic E-state index is 13.5. The lowest BCUT2D eigenvalue weighted by Crippen LogP contribution is -2.51. The van der Waals surface area contributed by atoms with E-state index in [2.05, 4.69) is 0 Å². The molecule has 4 rings (SSSR count). The molecule has 1 aliphatic heterocycles. The first-order chi connectivity index (χ1) is 17.2. The van der Waals surface area contributed by atoms with Gasteiger partial charge in [-0.15, -0.1) is 0 Å². The van der Waals surface area contributed by atoms with Crippen molar-refractivity contribution in [2.75, 3.05) is 24.5 Å². The molecule has 0 bridgehead atoms. The van der Waals surface area contributed by atoms with Crippen LogP contribution in [0, 0.1) is 0 Å². The number of thiocarbonyl (C=S) groups is 1. The molecule has 0 amide bonds. The Morgan fingerprint density at radius 1 is 1.08 bits per heavy atom. The van der Waals surface area contributed by atoms with Crippen LogP contribution < -0.4 is 4.90 Å². The topological polar surface area (TPSA) is 60.9 Å². The van der Waals surface area contributed by atoms with Crippen LogP contribution in [0.15, 0.2) is 65.6 Å². The number of hydrogen-bond donors (Lipinski definition) is 1. The highest BCUT2D eigenvalue weighted by molar-refractivity contribution is 7.96. The van der Waals surface area contributed by atoms with Gasteiger partial charge in [0.05, 0.1) is 10.9 Å². The van der Waals surface area contributed by atoms with Crippen molar-refractivity contribution in [1.29, 1.82) is 0 Å². The number of piperazine rings is 1. The summed E-state index contributed by atoms with van der Waals surface area (Å²) in [6, 6.07) is 9.62. The molecule has 5 nitrogen and oxygen atoms in total. The van der Waals surface area contributed by atoms with Crippen LogP contribution in [-0.2, 0) is 15.6 Å². The maximum absolute atomic E-state index is 13.5. The van der Waals surface area contributed by atoms with Gasteiger partial charge < -0.3 is 10.0 Å². The molecule has 0 saturated carbocycles. The molecule has 1 fully saturated rings. The zero-order chi connectivity index (χ0) is 27.2. The third kappa shape index (κ3) is 5.46. The van der Waals surface area contributed by atoms with Gasteiger partial charge in [-0.1, -0.05) is 59.7 Å². The van der Waals surface area contributed by atoms with Gasteiger partial charge in [-0.3, -0.25) is 0 Å². The normalized spacial score (nSPS) is 21.1. The van der Waals surface area contributed by atoms with Crippen molar-refractivity contribution in [2.24, 2.45) is 0 Å². The van der Waals surface area contributed by atoms with Gasteiger partial charge in [0.25, 0.3) is 0 Å². The molecule has 198 valence electrons. The van der Waals surface area contributed by atoms with Crippen molar-refractivity contribution in [3.8, 4) is 0 Å². The van der Waals surface area contributed by atoms with E-state index in [4.69, 9.17) is 35.4 Å². The molecular weight excluding hydrogens is 568 g/mol. The van der Waals surface area contributed by atoms with Gasteiger partial charge in [0.1, 0.15) is 0 Å². The van der Waals surface area contributed by atoms with Crippen LogP contribution in [0.4, 0.5) is 18.9 Å². The summed E-state index contributed by atoms with van der Waals surface area (Å²) in [6.07, 6.45) is 0.433. The molecule has 2 atom stereocenters. The van der Waals surface area contributed by atoms with Crippen molar-refractivity contribution in [2.45, 2.75) is 31.2 Å². The van der Waals surface area contributed by atoms with Gasteiger partial charge in [0, 0.05) is 46.7 Å². The number of hydrogen-bond acceptors (Lipinski definition) is 5. The van der Waals surface area contributed by atoms with Gasteiger partial charge >= 0.3 is 6.18 Å².